The van der Waals surface area contributed by atoms with E-state index in [1.165, 1.54) is 37.7 Å². The smallest absolute Gasteiger partial charge is 0.00201 e. The van der Waals surface area contributed by atoms with E-state index in [0.717, 1.165) is 30.8 Å². The number of likely N-dealkylation sites (N-methyl/N-ethyl adjacent to an activating group) is 1. The van der Waals surface area contributed by atoms with E-state index < -0.39 is 0 Å². The normalized spacial score (nSPS) is 29.8. The number of hydrogen-bond acceptors (Lipinski definition) is 1. The van der Waals surface area contributed by atoms with Gasteiger partial charge in [-0.3, -0.25) is 0 Å². The zero-order valence-corrected chi connectivity index (χ0v) is 13.1. The Morgan fingerprint density at radius 2 is 2.15 bits per heavy atom. The maximum Gasteiger partial charge on any atom is 0.00201 e. The van der Waals surface area contributed by atoms with Crippen molar-refractivity contribution >= 4 is 0 Å². The number of hydrogen-bond donors (Lipinski definition) is 1. The van der Waals surface area contributed by atoms with Crippen molar-refractivity contribution in [2.24, 2.45) is 17.8 Å². The molecule has 0 aliphatic heterocycles. The third-order valence-electron chi connectivity index (χ3n) is 5.63. The number of fused-ring (bicyclic) bond motifs is 2. The minimum Gasteiger partial charge on any atom is -0.316 e. The lowest BCUT2D eigenvalue weighted by atomic mass is 9.80. The average Bonchev–Trinajstić information content (AvgIpc) is 3.06. The highest BCUT2D eigenvalue weighted by Gasteiger charge is 2.40. The molecule has 4 unspecified atom stereocenters. The van der Waals surface area contributed by atoms with Crippen molar-refractivity contribution < 1.29 is 0 Å². The Labute approximate surface area is 124 Å². The molecule has 3 rings (SSSR count). The van der Waals surface area contributed by atoms with Crippen LogP contribution in [-0.4, -0.2) is 13.1 Å². The molecule has 1 N–H and O–H groups in total. The SMILES string of the molecule is CCNCC(CC1CC2CCC1C2)c1cccc(C)c1. The Morgan fingerprint density at radius 1 is 1.25 bits per heavy atom. The average molecular weight is 271 g/mol. The minimum absolute atomic E-state index is 0.708. The van der Waals surface area contributed by atoms with Crippen LogP contribution in [-0.2, 0) is 0 Å². The van der Waals surface area contributed by atoms with Crippen LogP contribution in [0.5, 0.6) is 0 Å². The van der Waals surface area contributed by atoms with Gasteiger partial charge in [0.25, 0.3) is 0 Å². The van der Waals surface area contributed by atoms with Crippen LogP contribution in [0.15, 0.2) is 24.3 Å². The molecule has 0 spiro atoms. The zero-order valence-electron chi connectivity index (χ0n) is 13.1. The van der Waals surface area contributed by atoms with Gasteiger partial charge in [0.2, 0.25) is 0 Å². The van der Waals surface area contributed by atoms with Crippen LogP contribution in [0.1, 0.15) is 56.1 Å². The molecule has 2 saturated carbocycles. The summed E-state index contributed by atoms with van der Waals surface area (Å²) in [6, 6.07) is 9.17. The molecule has 4 atom stereocenters. The molecule has 2 aliphatic carbocycles. The van der Waals surface area contributed by atoms with Gasteiger partial charge >= 0.3 is 0 Å². The lowest BCUT2D eigenvalue weighted by Crippen LogP contribution is -2.24. The third-order valence-corrected chi connectivity index (χ3v) is 5.63. The lowest BCUT2D eigenvalue weighted by molar-refractivity contribution is 0.292. The molecule has 1 aromatic rings. The minimum atomic E-state index is 0.708. The molecule has 0 saturated heterocycles. The predicted molar refractivity (Wildman–Crippen MR) is 86.0 cm³/mol. The van der Waals surface area contributed by atoms with E-state index in [0.29, 0.717) is 5.92 Å². The van der Waals surface area contributed by atoms with Crippen molar-refractivity contribution in [3.8, 4) is 0 Å². The molecule has 110 valence electrons. The quantitative estimate of drug-likeness (QED) is 0.802. The Hall–Kier alpha value is -0.820. The van der Waals surface area contributed by atoms with Crippen LogP contribution >= 0.6 is 0 Å². The van der Waals surface area contributed by atoms with Gasteiger partial charge in [-0.25, -0.2) is 0 Å². The van der Waals surface area contributed by atoms with E-state index in [4.69, 9.17) is 0 Å². The number of rotatable bonds is 6. The Morgan fingerprint density at radius 3 is 2.80 bits per heavy atom. The molecule has 2 bridgehead atoms. The van der Waals surface area contributed by atoms with Crippen LogP contribution in [0.2, 0.25) is 0 Å². The molecule has 0 heterocycles. The monoisotopic (exact) mass is 271 g/mol. The van der Waals surface area contributed by atoms with Crippen molar-refractivity contribution in [3.63, 3.8) is 0 Å². The van der Waals surface area contributed by atoms with Gasteiger partial charge in [-0.1, -0.05) is 43.2 Å². The lowest BCUT2D eigenvalue weighted by Gasteiger charge is -2.27. The molecule has 1 heteroatoms. The number of aryl methyl sites for hydroxylation is 1. The summed E-state index contributed by atoms with van der Waals surface area (Å²) in [4.78, 5) is 0. The molecule has 0 radical (unpaired) electrons. The summed E-state index contributed by atoms with van der Waals surface area (Å²) >= 11 is 0. The molecule has 0 amide bonds. The van der Waals surface area contributed by atoms with Gasteiger partial charge in [0.1, 0.15) is 0 Å². The van der Waals surface area contributed by atoms with E-state index in [1.807, 2.05) is 0 Å². The van der Waals surface area contributed by atoms with E-state index >= 15 is 0 Å². The molecular formula is C19H29N. The predicted octanol–water partition coefficient (Wildman–Crippen LogP) is 4.51. The van der Waals surface area contributed by atoms with Crippen LogP contribution in [0, 0.1) is 24.7 Å². The maximum absolute atomic E-state index is 3.58. The van der Waals surface area contributed by atoms with Crippen molar-refractivity contribution in [2.75, 3.05) is 13.1 Å². The van der Waals surface area contributed by atoms with Crippen molar-refractivity contribution in [1.29, 1.82) is 0 Å². The fourth-order valence-corrected chi connectivity index (χ4v) is 4.61. The van der Waals surface area contributed by atoms with E-state index in [2.05, 4.69) is 43.4 Å². The van der Waals surface area contributed by atoms with Crippen molar-refractivity contribution in [2.45, 2.75) is 51.9 Å². The summed E-state index contributed by atoms with van der Waals surface area (Å²) in [5, 5.41) is 3.58. The molecule has 1 nitrogen and oxygen atoms in total. The van der Waals surface area contributed by atoms with Gasteiger partial charge < -0.3 is 5.32 Å². The van der Waals surface area contributed by atoms with Gasteiger partial charge in [-0.2, -0.15) is 0 Å². The standard InChI is InChI=1S/C19H29N/c1-3-20-13-19(16-6-4-5-14(2)9-16)12-18-11-15-7-8-17(18)10-15/h4-6,9,15,17-20H,3,7-8,10-13H2,1-2H3. The summed E-state index contributed by atoms with van der Waals surface area (Å²) < 4.78 is 0. The molecule has 20 heavy (non-hydrogen) atoms. The topological polar surface area (TPSA) is 12.0 Å². The summed E-state index contributed by atoms with van der Waals surface area (Å²) in [5.41, 5.74) is 2.95. The highest BCUT2D eigenvalue weighted by Crippen LogP contribution is 2.51. The summed E-state index contributed by atoms with van der Waals surface area (Å²) in [6.07, 6.45) is 7.48. The fourth-order valence-electron chi connectivity index (χ4n) is 4.61. The second kappa shape index (κ2) is 6.30. The molecule has 1 aromatic carbocycles. The first-order valence-electron chi connectivity index (χ1n) is 8.53. The first-order valence-corrected chi connectivity index (χ1v) is 8.53. The van der Waals surface area contributed by atoms with Crippen LogP contribution in [0.3, 0.4) is 0 Å². The summed E-state index contributed by atoms with van der Waals surface area (Å²) in [7, 11) is 0. The molecule has 0 aromatic heterocycles. The second-order valence-electron chi connectivity index (χ2n) is 7.09. The molecule has 2 aliphatic rings. The highest BCUT2D eigenvalue weighted by atomic mass is 14.8. The van der Waals surface area contributed by atoms with Crippen LogP contribution < -0.4 is 5.32 Å². The largest absolute Gasteiger partial charge is 0.316 e. The van der Waals surface area contributed by atoms with E-state index in [-0.39, 0.29) is 0 Å². The summed E-state index contributed by atoms with van der Waals surface area (Å²) in [6.45, 7) is 6.66. The number of nitrogens with one attached hydrogen (secondary N) is 1. The molecule has 2 fully saturated rings. The van der Waals surface area contributed by atoms with Crippen LogP contribution in [0.4, 0.5) is 0 Å². The molecular weight excluding hydrogens is 242 g/mol. The second-order valence-corrected chi connectivity index (χ2v) is 7.09. The Kier molecular flexibility index (Phi) is 4.45. The highest BCUT2D eigenvalue weighted by molar-refractivity contribution is 5.26. The van der Waals surface area contributed by atoms with Gasteiger partial charge in [-0.05, 0) is 68.4 Å². The first kappa shape index (κ1) is 14.1. The Balaban J connectivity index is 1.69. The number of benzene rings is 1. The van der Waals surface area contributed by atoms with Crippen LogP contribution in [0.25, 0.3) is 0 Å². The van der Waals surface area contributed by atoms with E-state index in [9.17, 15) is 0 Å². The van der Waals surface area contributed by atoms with Gasteiger partial charge in [0.15, 0.2) is 0 Å². The van der Waals surface area contributed by atoms with E-state index in [1.54, 1.807) is 5.56 Å². The maximum atomic E-state index is 3.58. The zero-order chi connectivity index (χ0) is 13.9. The fraction of sp³-hybridized carbons (Fsp3) is 0.684. The van der Waals surface area contributed by atoms with Crippen molar-refractivity contribution in [3.05, 3.63) is 35.4 Å². The van der Waals surface area contributed by atoms with Gasteiger partial charge in [0, 0.05) is 6.54 Å². The van der Waals surface area contributed by atoms with Gasteiger partial charge in [-0.15, -0.1) is 0 Å². The summed E-state index contributed by atoms with van der Waals surface area (Å²) in [5.74, 6) is 3.83. The Bertz CT molecular complexity index is 439. The van der Waals surface area contributed by atoms with Crippen molar-refractivity contribution in [1.82, 2.24) is 5.32 Å². The first-order chi connectivity index (χ1) is 9.76. The van der Waals surface area contributed by atoms with Gasteiger partial charge in [0.05, 0.1) is 0 Å². The third kappa shape index (κ3) is 3.09.